The second-order valence-electron chi connectivity index (χ2n) is 5.27. The van der Waals surface area contributed by atoms with E-state index in [4.69, 9.17) is 11.6 Å². The lowest BCUT2D eigenvalue weighted by Gasteiger charge is -2.33. The topological polar surface area (TPSA) is 69.7 Å². The number of nitrogens with zero attached hydrogens (tertiary/aromatic N) is 2. The number of likely N-dealkylation sites (N-methyl/N-ethyl adjacent to an activating group) is 1. The smallest absolute Gasteiger partial charge is 0.261 e. The number of amides is 3. The summed E-state index contributed by atoms with van der Waals surface area (Å²) >= 11 is 7.01. The predicted octanol–water partition coefficient (Wildman–Crippen LogP) is 0.573. The van der Waals surface area contributed by atoms with E-state index in [1.54, 1.807) is 24.1 Å². The van der Waals surface area contributed by atoms with Crippen LogP contribution in [0.5, 0.6) is 0 Å². The van der Waals surface area contributed by atoms with Gasteiger partial charge in [-0.3, -0.25) is 14.4 Å². The van der Waals surface area contributed by atoms with Gasteiger partial charge in [0.2, 0.25) is 11.8 Å². The van der Waals surface area contributed by atoms with E-state index in [0.717, 1.165) is 0 Å². The third kappa shape index (κ3) is 2.63. The van der Waals surface area contributed by atoms with Crippen molar-refractivity contribution in [3.63, 3.8) is 0 Å². The molecule has 8 heteroatoms. The number of carbonyl (C=O) groups is 3. The van der Waals surface area contributed by atoms with E-state index in [9.17, 15) is 14.4 Å². The number of hydrogen-bond donors (Lipinski definition) is 1. The number of halogens is 1. The van der Waals surface area contributed by atoms with Crippen LogP contribution < -0.4 is 5.32 Å². The molecule has 2 atom stereocenters. The fraction of sp³-hybridized carbons (Fsp3) is 0.462. The monoisotopic (exact) mass is 327 g/mol. The quantitative estimate of drug-likeness (QED) is 0.863. The van der Waals surface area contributed by atoms with Gasteiger partial charge in [0.25, 0.3) is 5.91 Å². The number of carbonyl (C=O) groups excluding carboxylic acids is 3. The van der Waals surface area contributed by atoms with E-state index >= 15 is 0 Å². The maximum Gasteiger partial charge on any atom is 0.261 e. The highest BCUT2D eigenvalue weighted by molar-refractivity contribution is 7.18. The van der Waals surface area contributed by atoms with Crippen molar-refractivity contribution >= 4 is 40.7 Å². The molecule has 2 fully saturated rings. The van der Waals surface area contributed by atoms with Gasteiger partial charge in [0.05, 0.1) is 15.8 Å². The Balaban J connectivity index is 1.68. The van der Waals surface area contributed by atoms with Gasteiger partial charge in [0.15, 0.2) is 0 Å². The van der Waals surface area contributed by atoms with Crippen molar-refractivity contribution in [1.82, 2.24) is 15.1 Å². The van der Waals surface area contributed by atoms with Crippen LogP contribution in [0.25, 0.3) is 0 Å². The van der Waals surface area contributed by atoms with Crippen molar-refractivity contribution in [2.75, 3.05) is 20.1 Å². The predicted molar refractivity (Wildman–Crippen MR) is 78.3 cm³/mol. The normalized spacial score (nSPS) is 25.2. The first-order valence-corrected chi connectivity index (χ1v) is 7.76. The molecule has 112 valence electrons. The number of nitrogens with one attached hydrogen (secondary N) is 1. The van der Waals surface area contributed by atoms with Crippen molar-refractivity contribution in [1.29, 1.82) is 0 Å². The van der Waals surface area contributed by atoms with Crippen molar-refractivity contribution in [2.24, 2.45) is 0 Å². The molecule has 2 unspecified atom stereocenters. The number of hydrogen-bond acceptors (Lipinski definition) is 4. The SMILES string of the molecule is CN1CC(=O)N2CC(NC(=O)c3ccc(Cl)s3)CC2C1=O. The number of rotatable bonds is 2. The van der Waals surface area contributed by atoms with Gasteiger partial charge in [-0.2, -0.15) is 0 Å². The molecule has 2 saturated heterocycles. The highest BCUT2D eigenvalue weighted by atomic mass is 35.5. The summed E-state index contributed by atoms with van der Waals surface area (Å²) in [5.41, 5.74) is 0. The molecule has 6 nitrogen and oxygen atoms in total. The zero-order valence-electron chi connectivity index (χ0n) is 11.3. The van der Waals surface area contributed by atoms with Crippen molar-refractivity contribution in [3.05, 3.63) is 21.3 Å². The lowest BCUT2D eigenvalue weighted by atomic mass is 10.1. The molecule has 2 aliphatic rings. The number of thiophene rings is 1. The fourth-order valence-corrected chi connectivity index (χ4v) is 3.72. The van der Waals surface area contributed by atoms with Gasteiger partial charge < -0.3 is 15.1 Å². The Bertz CT molecular complexity index is 618. The summed E-state index contributed by atoms with van der Waals surface area (Å²) in [4.78, 5) is 39.6. The average Bonchev–Trinajstić information content (AvgIpc) is 3.03. The first-order chi connectivity index (χ1) is 9.95. The van der Waals surface area contributed by atoms with Crippen LogP contribution in [0.3, 0.4) is 0 Å². The standard InChI is InChI=1S/C13H14ClN3O3S/c1-16-6-11(18)17-5-7(4-8(17)13(16)20)15-12(19)9-2-3-10(14)21-9/h2-3,7-8H,4-6H2,1H3,(H,15,19). The summed E-state index contributed by atoms with van der Waals surface area (Å²) in [7, 11) is 1.62. The molecule has 1 N–H and O–H groups in total. The molecule has 3 rings (SSSR count). The Kier molecular flexibility index (Phi) is 3.62. The van der Waals surface area contributed by atoms with E-state index in [1.807, 2.05) is 0 Å². The zero-order chi connectivity index (χ0) is 15.1. The minimum atomic E-state index is -0.450. The Labute approximate surface area is 130 Å². The van der Waals surface area contributed by atoms with Crippen molar-refractivity contribution < 1.29 is 14.4 Å². The summed E-state index contributed by atoms with van der Waals surface area (Å²) < 4.78 is 0.552. The molecule has 0 aliphatic carbocycles. The molecule has 3 amide bonds. The molecule has 3 heterocycles. The molecular weight excluding hydrogens is 314 g/mol. The summed E-state index contributed by atoms with van der Waals surface area (Å²) in [5.74, 6) is -0.353. The van der Waals surface area contributed by atoms with Crippen LogP contribution in [0, 0.1) is 0 Å². The van der Waals surface area contributed by atoms with Crippen LogP contribution in [-0.4, -0.2) is 59.7 Å². The van der Waals surface area contributed by atoms with E-state index < -0.39 is 6.04 Å². The molecule has 0 spiro atoms. The van der Waals surface area contributed by atoms with Gasteiger partial charge in [-0.15, -0.1) is 11.3 Å². The van der Waals surface area contributed by atoms with E-state index in [1.165, 1.54) is 16.2 Å². The summed E-state index contributed by atoms with van der Waals surface area (Å²) in [6.45, 7) is 0.491. The van der Waals surface area contributed by atoms with Gasteiger partial charge in [0, 0.05) is 19.6 Å². The van der Waals surface area contributed by atoms with Crippen LogP contribution in [0.1, 0.15) is 16.1 Å². The molecule has 2 aliphatic heterocycles. The Morgan fingerprint density at radius 3 is 2.86 bits per heavy atom. The molecule has 0 saturated carbocycles. The van der Waals surface area contributed by atoms with E-state index in [-0.39, 0.29) is 30.3 Å². The van der Waals surface area contributed by atoms with Gasteiger partial charge >= 0.3 is 0 Å². The molecule has 0 bridgehead atoms. The van der Waals surface area contributed by atoms with Crippen molar-refractivity contribution in [3.8, 4) is 0 Å². The first kappa shape index (κ1) is 14.3. The fourth-order valence-electron chi connectivity index (χ4n) is 2.77. The maximum absolute atomic E-state index is 12.1. The molecule has 0 aromatic carbocycles. The van der Waals surface area contributed by atoms with Crippen LogP contribution in [-0.2, 0) is 9.59 Å². The summed E-state index contributed by atoms with van der Waals surface area (Å²) in [5, 5.41) is 2.87. The second kappa shape index (κ2) is 5.31. The minimum Gasteiger partial charge on any atom is -0.347 e. The number of fused-ring (bicyclic) bond motifs is 1. The molecule has 1 aromatic heterocycles. The molecular formula is C13H14ClN3O3S. The highest BCUT2D eigenvalue weighted by Gasteiger charge is 2.44. The molecule has 1 aromatic rings. The summed E-state index contributed by atoms with van der Waals surface area (Å²) in [6, 6.07) is 2.67. The third-order valence-corrected chi connectivity index (χ3v) is 5.02. The second-order valence-corrected chi connectivity index (χ2v) is 6.98. The Morgan fingerprint density at radius 2 is 2.19 bits per heavy atom. The largest absolute Gasteiger partial charge is 0.347 e. The van der Waals surface area contributed by atoms with Crippen LogP contribution >= 0.6 is 22.9 Å². The number of piperazine rings is 1. The van der Waals surface area contributed by atoms with E-state index in [0.29, 0.717) is 22.2 Å². The molecule has 21 heavy (non-hydrogen) atoms. The zero-order valence-corrected chi connectivity index (χ0v) is 12.9. The van der Waals surface area contributed by atoms with Gasteiger partial charge in [-0.05, 0) is 18.6 Å². The van der Waals surface area contributed by atoms with Crippen LogP contribution in [0.4, 0.5) is 0 Å². The van der Waals surface area contributed by atoms with Gasteiger partial charge in [0.1, 0.15) is 6.04 Å². The summed E-state index contributed by atoms with van der Waals surface area (Å²) in [6.07, 6.45) is 0.458. The van der Waals surface area contributed by atoms with Crippen molar-refractivity contribution in [2.45, 2.75) is 18.5 Å². The van der Waals surface area contributed by atoms with Crippen LogP contribution in [0.2, 0.25) is 4.34 Å². The lowest BCUT2D eigenvalue weighted by Crippen LogP contribution is -2.55. The Hall–Kier alpha value is -1.60. The maximum atomic E-state index is 12.1. The third-order valence-electron chi connectivity index (χ3n) is 3.79. The lowest BCUT2D eigenvalue weighted by molar-refractivity contribution is -0.152. The first-order valence-electron chi connectivity index (χ1n) is 6.56. The average molecular weight is 328 g/mol. The van der Waals surface area contributed by atoms with E-state index in [2.05, 4.69) is 5.32 Å². The molecule has 0 radical (unpaired) electrons. The van der Waals surface area contributed by atoms with Gasteiger partial charge in [-0.1, -0.05) is 11.6 Å². The Morgan fingerprint density at radius 1 is 1.43 bits per heavy atom. The van der Waals surface area contributed by atoms with Crippen LogP contribution in [0.15, 0.2) is 12.1 Å². The highest BCUT2D eigenvalue weighted by Crippen LogP contribution is 2.25. The van der Waals surface area contributed by atoms with Gasteiger partial charge in [-0.25, -0.2) is 0 Å². The minimum absolute atomic E-state index is 0.0643.